The van der Waals surface area contributed by atoms with Crippen molar-refractivity contribution in [1.82, 2.24) is 0 Å². The maximum Gasteiger partial charge on any atom is 0.248 e. The molecule has 0 radical (unpaired) electrons. The molecule has 1 fully saturated rings. The quantitative estimate of drug-likeness (QED) is 0.746. The maximum atomic E-state index is 13.5. The van der Waals surface area contributed by atoms with E-state index in [1.54, 1.807) is 0 Å². The van der Waals surface area contributed by atoms with Crippen molar-refractivity contribution in [2.24, 2.45) is 0 Å². The third kappa shape index (κ3) is 2.53. The SMILES string of the molecule is Oc1cc(F)c(C2CCC(F)(F)CC2)c(F)c1. The van der Waals surface area contributed by atoms with E-state index in [1.807, 2.05) is 0 Å². The first-order valence-corrected chi connectivity index (χ1v) is 5.45. The summed E-state index contributed by atoms with van der Waals surface area (Å²) in [5.41, 5.74) is -0.182. The lowest BCUT2D eigenvalue weighted by Crippen LogP contribution is -2.24. The number of alkyl halides is 2. The van der Waals surface area contributed by atoms with Gasteiger partial charge in [0.2, 0.25) is 5.92 Å². The molecule has 1 saturated carbocycles. The van der Waals surface area contributed by atoms with E-state index in [2.05, 4.69) is 0 Å². The summed E-state index contributed by atoms with van der Waals surface area (Å²) < 4.78 is 52.9. The molecule has 94 valence electrons. The molecule has 0 saturated heterocycles. The molecule has 1 aromatic rings. The Morgan fingerprint density at radius 3 is 2.00 bits per heavy atom. The fraction of sp³-hybridized carbons (Fsp3) is 0.500. The molecule has 2 rings (SSSR count). The first-order chi connectivity index (χ1) is 7.89. The van der Waals surface area contributed by atoms with Crippen LogP contribution in [0.15, 0.2) is 12.1 Å². The number of benzene rings is 1. The average molecular weight is 248 g/mol. The molecule has 0 heterocycles. The van der Waals surface area contributed by atoms with Gasteiger partial charge in [0.15, 0.2) is 0 Å². The number of aromatic hydroxyl groups is 1. The topological polar surface area (TPSA) is 20.2 Å². The lowest BCUT2D eigenvalue weighted by atomic mass is 9.82. The normalized spacial score (nSPS) is 20.5. The second-order valence-electron chi connectivity index (χ2n) is 4.45. The van der Waals surface area contributed by atoms with E-state index >= 15 is 0 Å². The molecule has 17 heavy (non-hydrogen) atoms. The Hall–Kier alpha value is -1.26. The summed E-state index contributed by atoms with van der Waals surface area (Å²) in [7, 11) is 0. The first kappa shape index (κ1) is 12.2. The van der Waals surface area contributed by atoms with Gasteiger partial charge in [-0.25, -0.2) is 17.6 Å². The highest BCUT2D eigenvalue weighted by atomic mass is 19.3. The number of hydrogen-bond acceptors (Lipinski definition) is 1. The summed E-state index contributed by atoms with van der Waals surface area (Å²) in [6.45, 7) is 0. The highest BCUT2D eigenvalue weighted by Crippen LogP contribution is 2.42. The molecule has 0 unspecified atom stereocenters. The van der Waals surface area contributed by atoms with Crippen molar-refractivity contribution in [2.75, 3.05) is 0 Å². The number of phenolic OH excluding ortho intramolecular Hbond substituents is 1. The molecular weight excluding hydrogens is 236 g/mol. The van der Waals surface area contributed by atoms with Crippen LogP contribution in [-0.4, -0.2) is 11.0 Å². The van der Waals surface area contributed by atoms with Gasteiger partial charge in [-0.2, -0.15) is 0 Å². The van der Waals surface area contributed by atoms with E-state index in [0.717, 1.165) is 12.1 Å². The third-order valence-corrected chi connectivity index (χ3v) is 3.19. The number of halogens is 4. The molecule has 0 aliphatic heterocycles. The monoisotopic (exact) mass is 248 g/mol. The van der Waals surface area contributed by atoms with Gasteiger partial charge in [0.25, 0.3) is 0 Å². The van der Waals surface area contributed by atoms with Crippen LogP contribution in [0, 0.1) is 11.6 Å². The van der Waals surface area contributed by atoms with Crippen LogP contribution in [-0.2, 0) is 0 Å². The zero-order valence-corrected chi connectivity index (χ0v) is 9.02. The van der Waals surface area contributed by atoms with Gasteiger partial charge < -0.3 is 5.11 Å². The standard InChI is InChI=1S/C12H12F4O/c13-9-5-8(17)6-10(14)11(9)7-1-3-12(15,16)4-2-7/h5-7,17H,1-4H2. The number of rotatable bonds is 1. The Labute approximate surface area is 96.1 Å². The second-order valence-corrected chi connectivity index (χ2v) is 4.45. The van der Waals surface area contributed by atoms with E-state index in [0.29, 0.717) is 0 Å². The van der Waals surface area contributed by atoms with E-state index in [9.17, 15) is 17.6 Å². The minimum Gasteiger partial charge on any atom is -0.508 e. The summed E-state index contributed by atoms with van der Waals surface area (Å²) in [5, 5.41) is 9.00. The summed E-state index contributed by atoms with van der Waals surface area (Å²) in [4.78, 5) is 0. The van der Waals surface area contributed by atoms with Gasteiger partial charge in [-0.15, -0.1) is 0 Å². The van der Waals surface area contributed by atoms with Crippen LogP contribution in [0.25, 0.3) is 0 Å². The van der Waals surface area contributed by atoms with Crippen LogP contribution in [0.4, 0.5) is 17.6 Å². The highest BCUT2D eigenvalue weighted by molar-refractivity contribution is 5.32. The fourth-order valence-corrected chi connectivity index (χ4v) is 2.29. The smallest absolute Gasteiger partial charge is 0.248 e. The number of phenols is 1. The fourth-order valence-electron chi connectivity index (χ4n) is 2.29. The van der Waals surface area contributed by atoms with Crippen LogP contribution in [0.1, 0.15) is 37.2 Å². The lowest BCUT2D eigenvalue weighted by Gasteiger charge is -2.28. The summed E-state index contributed by atoms with van der Waals surface area (Å²) in [5.74, 6) is -5.48. The molecule has 0 atom stereocenters. The van der Waals surface area contributed by atoms with Crippen molar-refractivity contribution in [3.63, 3.8) is 0 Å². The predicted molar refractivity (Wildman–Crippen MR) is 54.2 cm³/mol. The molecule has 1 aromatic carbocycles. The van der Waals surface area contributed by atoms with Crippen LogP contribution in [0.3, 0.4) is 0 Å². The Morgan fingerprint density at radius 1 is 1.06 bits per heavy atom. The molecule has 0 spiro atoms. The van der Waals surface area contributed by atoms with Crippen molar-refractivity contribution >= 4 is 0 Å². The minimum absolute atomic E-state index is 0.0611. The van der Waals surface area contributed by atoms with Crippen LogP contribution in [0.5, 0.6) is 5.75 Å². The van der Waals surface area contributed by atoms with Gasteiger partial charge in [0.05, 0.1) is 0 Å². The zero-order chi connectivity index (χ0) is 12.6. The van der Waals surface area contributed by atoms with Crippen molar-refractivity contribution in [3.8, 4) is 5.75 Å². The molecule has 5 heteroatoms. The molecule has 1 aliphatic carbocycles. The van der Waals surface area contributed by atoms with Gasteiger partial charge in [-0.3, -0.25) is 0 Å². The Bertz CT molecular complexity index is 398. The van der Waals surface area contributed by atoms with E-state index in [4.69, 9.17) is 5.11 Å². The summed E-state index contributed by atoms with van der Waals surface area (Å²) in [6, 6.07) is 1.62. The summed E-state index contributed by atoms with van der Waals surface area (Å²) >= 11 is 0. The van der Waals surface area contributed by atoms with Crippen LogP contribution < -0.4 is 0 Å². The maximum absolute atomic E-state index is 13.5. The van der Waals surface area contributed by atoms with E-state index < -0.39 is 29.2 Å². The van der Waals surface area contributed by atoms with Gasteiger partial charge in [-0.1, -0.05) is 0 Å². The van der Waals surface area contributed by atoms with E-state index in [-0.39, 0.29) is 31.2 Å². The van der Waals surface area contributed by atoms with Gasteiger partial charge in [0.1, 0.15) is 17.4 Å². The highest BCUT2D eigenvalue weighted by Gasteiger charge is 2.37. The van der Waals surface area contributed by atoms with Gasteiger partial charge in [0, 0.05) is 30.5 Å². The molecule has 1 N–H and O–H groups in total. The van der Waals surface area contributed by atoms with Crippen molar-refractivity contribution in [2.45, 2.75) is 37.5 Å². The molecule has 0 amide bonds. The zero-order valence-electron chi connectivity index (χ0n) is 9.02. The largest absolute Gasteiger partial charge is 0.508 e. The number of hydrogen-bond donors (Lipinski definition) is 1. The van der Waals surface area contributed by atoms with Gasteiger partial charge in [-0.05, 0) is 18.8 Å². The predicted octanol–water partition coefficient (Wildman–Crippen LogP) is 3.96. The Balaban J connectivity index is 2.24. The Morgan fingerprint density at radius 2 is 1.53 bits per heavy atom. The third-order valence-electron chi connectivity index (χ3n) is 3.19. The van der Waals surface area contributed by atoms with Crippen molar-refractivity contribution in [1.29, 1.82) is 0 Å². The molecule has 0 aromatic heterocycles. The van der Waals surface area contributed by atoms with Crippen LogP contribution in [0.2, 0.25) is 0 Å². The average Bonchev–Trinajstić information content (AvgIpc) is 2.19. The van der Waals surface area contributed by atoms with E-state index in [1.165, 1.54) is 0 Å². The second kappa shape index (κ2) is 4.20. The summed E-state index contributed by atoms with van der Waals surface area (Å²) in [6.07, 6.45) is -0.577. The molecule has 1 nitrogen and oxygen atoms in total. The minimum atomic E-state index is -2.72. The molecule has 1 aliphatic rings. The first-order valence-electron chi connectivity index (χ1n) is 5.45. The van der Waals surface area contributed by atoms with Crippen molar-refractivity contribution in [3.05, 3.63) is 29.3 Å². The van der Waals surface area contributed by atoms with Crippen LogP contribution >= 0.6 is 0 Å². The Kier molecular flexibility index (Phi) is 3.02. The van der Waals surface area contributed by atoms with Crippen molar-refractivity contribution < 1.29 is 22.7 Å². The lowest BCUT2D eigenvalue weighted by molar-refractivity contribution is -0.0387. The molecule has 0 bridgehead atoms. The van der Waals surface area contributed by atoms with Gasteiger partial charge >= 0.3 is 0 Å². The molecular formula is C12H12F4O.